The molecule has 1 aliphatic carbocycles. The van der Waals surface area contributed by atoms with E-state index in [9.17, 15) is 9.59 Å². The molecule has 0 aromatic rings. The molecule has 0 spiro atoms. The van der Waals surface area contributed by atoms with E-state index in [2.05, 4.69) is 5.32 Å². The van der Waals surface area contributed by atoms with Crippen LogP contribution in [-0.4, -0.2) is 54.9 Å². The average Bonchev–Trinajstić information content (AvgIpc) is 3.18. The topological polar surface area (TPSA) is 78.9 Å². The first kappa shape index (κ1) is 15.8. The van der Waals surface area contributed by atoms with Crippen LogP contribution in [0.25, 0.3) is 0 Å². The Morgan fingerprint density at radius 3 is 2.74 bits per heavy atom. The number of carbonyl (C=O) groups excluding carboxylic acids is 1. The van der Waals surface area contributed by atoms with Crippen LogP contribution in [-0.2, 0) is 9.53 Å². The van der Waals surface area contributed by atoms with E-state index in [4.69, 9.17) is 9.84 Å². The van der Waals surface area contributed by atoms with Gasteiger partial charge in [-0.1, -0.05) is 0 Å². The first-order chi connectivity index (χ1) is 9.13. The summed E-state index contributed by atoms with van der Waals surface area (Å²) < 4.78 is 5.46. The van der Waals surface area contributed by atoms with Crippen molar-refractivity contribution >= 4 is 12.0 Å². The van der Waals surface area contributed by atoms with Gasteiger partial charge in [-0.15, -0.1) is 0 Å². The Balaban J connectivity index is 2.01. The molecule has 0 aromatic carbocycles. The SMILES string of the molecule is CCN(CCC(=O)O)C(=O)NCCCOCC1CC1. The summed E-state index contributed by atoms with van der Waals surface area (Å²) in [5, 5.41) is 11.4. The normalized spacial score (nSPS) is 14.2. The molecule has 1 aliphatic rings. The van der Waals surface area contributed by atoms with Crippen LogP contribution in [0.3, 0.4) is 0 Å². The lowest BCUT2D eigenvalue weighted by Crippen LogP contribution is -2.41. The first-order valence-corrected chi connectivity index (χ1v) is 6.95. The lowest BCUT2D eigenvalue weighted by atomic mass is 10.4. The number of hydrogen-bond acceptors (Lipinski definition) is 3. The van der Waals surface area contributed by atoms with Crippen LogP contribution in [0.15, 0.2) is 0 Å². The van der Waals surface area contributed by atoms with Gasteiger partial charge in [-0.2, -0.15) is 0 Å². The van der Waals surface area contributed by atoms with Gasteiger partial charge >= 0.3 is 12.0 Å². The van der Waals surface area contributed by atoms with Gasteiger partial charge in [0.15, 0.2) is 0 Å². The predicted octanol–water partition coefficient (Wildman–Crippen LogP) is 1.31. The fraction of sp³-hybridized carbons (Fsp3) is 0.846. The molecule has 1 saturated carbocycles. The fourth-order valence-corrected chi connectivity index (χ4v) is 1.65. The largest absolute Gasteiger partial charge is 0.481 e. The Morgan fingerprint density at radius 2 is 2.16 bits per heavy atom. The van der Waals surface area contributed by atoms with Gasteiger partial charge in [0, 0.05) is 32.8 Å². The molecule has 6 heteroatoms. The number of ether oxygens (including phenoxy) is 1. The molecule has 2 amide bonds. The maximum atomic E-state index is 11.7. The van der Waals surface area contributed by atoms with Crippen LogP contribution in [0.1, 0.15) is 32.6 Å². The van der Waals surface area contributed by atoms with E-state index < -0.39 is 5.97 Å². The summed E-state index contributed by atoms with van der Waals surface area (Å²) in [6, 6.07) is -0.203. The molecule has 0 radical (unpaired) electrons. The maximum Gasteiger partial charge on any atom is 0.317 e. The minimum Gasteiger partial charge on any atom is -0.481 e. The Hall–Kier alpha value is -1.30. The van der Waals surface area contributed by atoms with Crippen molar-refractivity contribution in [3.05, 3.63) is 0 Å². The zero-order valence-corrected chi connectivity index (χ0v) is 11.6. The summed E-state index contributed by atoms with van der Waals surface area (Å²) in [5.74, 6) is -0.124. The summed E-state index contributed by atoms with van der Waals surface area (Å²) >= 11 is 0. The van der Waals surface area contributed by atoms with E-state index in [-0.39, 0.29) is 19.0 Å². The summed E-state index contributed by atoms with van der Waals surface area (Å²) in [6.07, 6.45) is 3.33. The molecule has 0 heterocycles. The molecule has 0 bridgehead atoms. The van der Waals surface area contributed by atoms with Gasteiger partial charge in [-0.3, -0.25) is 4.79 Å². The molecule has 0 saturated heterocycles. The van der Waals surface area contributed by atoms with Gasteiger partial charge in [-0.05, 0) is 32.1 Å². The number of carbonyl (C=O) groups is 2. The number of rotatable bonds is 10. The van der Waals surface area contributed by atoms with E-state index in [1.54, 1.807) is 0 Å². The Labute approximate surface area is 114 Å². The van der Waals surface area contributed by atoms with Crippen LogP contribution in [0.5, 0.6) is 0 Å². The highest BCUT2D eigenvalue weighted by Gasteiger charge is 2.20. The zero-order valence-electron chi connectivity index (χ0n) is 11.6. The fourth-order valence-electron chi connectivity index (χ4n) is 1.65. The van der Waals surface area contributed by atoms with Gasteiger partial charge < -0.3 is 20.1 Å². The molecule has 1 rings (SSSR count). The van der Waals surface area contributed by atoms with E-state index in [1.165, 1.54) is 17.7 Å². The molecule has 0 atom stereocenters. The number of carboxylic acid groups (broad SMARTS) is 1. The predicted molar refractivity (Wildman–Crippen MR) is 71.1 cm³/mol. The van der Waals surface area contributed by atoms with Crippen molar-refractivity contribution in [3.8, 4) is 0 Å². The molecule has 1 fully saturated rings. The van der Waals surface area contributed by atoms with Crippen molar-refractivity contribution in [1.82, 2.24) is 10.2 Å². The third kappa shape index (κ3) is 7.66. The van der Waals surface area contributed by atoms with Crippen LogP contribution < -0.4 is 5.32 Å². The van der Waals surface area contributed by atoms with Gasteiger partial charge in [0.25, 0.3) is 0 Å². The minimum atomic E-state index is -0.889. The van der Waals surface area contributed by atoms with Crippen molar-refractivity contribution in [3.63, 3.8) is 0 Å². The smallest absolute Gasteiger partial charge is 0.317 e. The molecule has 0 aromatic heterocycles. The monoisotopic (exact) mass is 272 g/mol. The second kappa shape index (κ2) is 8.74. The van der Waals surface area contributed by atoms with Crippen molar-refractivity contribution in [2.75, 3.05) is 32.8 Å². The van der Waals surface area contributed by atoms with E-state index in [0.29, 0.717) is 19.7 Å². The lowest BCUT2D eigenvalue weighted by molar-refractivity contribution is -0.137. The second-order valence-electron chi connectivity index (χ2n) is 4.83. The van der Waals surface area contributed by atoms with Crippen LogP contribution >= 0.6 is 0 Å². The number of aliphatic carboxylic acids is 1. The van der Waals surface area contributed by atoms with E-state index in [1.807, 2.05) is 6.92 Å². The molecule has 0 unspecified atom stereocenters. The quantitative estimate of drug-likeness (QED) is 0.588. The van der Waals surface area contributed by atoms with Gasteiger partial charge in [0.2, 0.25) is 0 Å². The van der Waals surface area contributed by atoms with Crippen LogP contribution in [0.4, 0.5) is 4.79 Å². The van der Waals surface area contributed by atoms with E-state index in [0.717, 1.165) is 18.9 Å². The summed E-state index contributed by atoms with van der Waals surface area (Å²) in [7, 11) is 0. The van der Waals surface area contributed by atoms with Crippen molar-refractivity contribution < 1.29 is 19.4 Å². The van der Waals surface area contributed by atoms with Gasteiger partial charge in [-0.25, -0.2) is 4.79 Å². The lowest BCUT2D eigenvalue weighted by Gasteiger charge is -2.20. The summed E-state index contributed by atoms with van der Waals surface area (Å²) in [6.45, 7) is 4.66. The molecule has 110 valence electrons. The molecule has 0 aliphatic heterocycles. The highest BCUT2D eigenvalue weighted by atomic mass is 16.5. The Morgan fingerprint density at radius 1 is 1.42 bits per heavy atom. The third-order valence-corrected chi connectivity index (χ3v) is 3.06. The highest BCUT2D eigenvalue weighted by Crippen LogP contribution is 2.28. The number of nitrogens with zero attached hydrogens (tertiary/aromatic N) is 1. The third-order valence-electron chi connectivity index (χ3n) is 3.06. The standard InChI is InChI=1S/C13H24N2O4/c1-2-15(8-6-12(16)17)13(18)14-7-3-9-19-10-11-4-5-11/h11H,2-10H2,1H3,(H,14,18)(H,16,17). The average molecular weight is 272 g/mol. The van der Waals surface area contributed by atoms with Gasteiger partial charge in [0.1, 0.15) is 0 Å². The van der Waals surface area contributed by atoms with Crippen molar-refractivity contribution in [2.45, 2.75) is 32.6 Å². The Bertz CT molecular complexity index is 292. The summed E-state index contributed by atoms with van der Waals surface area (Å²) in [5.41, 5.74) is 0. The first-order valence-electron chi connectivity index (χ1n) is 6.95. The van der Waals surface area contributed by atoms with Gasteiger partial charge in [0.05, 0.1) is 6.42 Å². The number of hydrogen-bond donors (Lipinski definition) is 2. The number of carboxylic acids is 1. The summed E-state index contributed by atoms with van der Waals surface area (Å²) in [4.78, 5) is 23.7. The molecular weight excluding hydrogens is 248 g/mol. The molecule has 2 N–H and O–H groups in total. The zero-order chi connectivity index (χ0) is 14.1. The second-order valence-corrected chi connectivity index (χ2v) is 4.83. The molecule has 19 heavy (non-hydrogen) atoms. The van der Waals surface area contributed by atoms with Crippen LogP contribution in [0.2, 0.25) is 0 Å². The Kier molecular flexibility index (Phi) is 7.25. The minimum absolute atomic E-state index is 0.0221. The number of urea groups is 1. The molecule has 6 nitrogen and oxygen atoms in total. The van der Waals surface area contributed by atoms with Crippen LogP contribution in [0, 0.1) is 5.92 Å². The number of amides is 2. The van der Waals surface area contributed by atoms with Crippen molar-refractivity contribution in [2.24, 2.45) is 5.92 Å². The van der Waals surface area contributed by atoms with E-state index >= 15 is 0 Å². The highest BCUT2D eigenvalue weighted by molar-refractivity contribution is 5.75. The molecular formula is C13H24N2O4. The van der Waals surface area contributed by atoms with Crippen molar-refractivity contribution in [1.29, 1.82) is 0 Å². The number of nitrogens with one attached hydrogen (secondary N) is 1. The maximum absolute atomic E-state index is 11.7.